The quantitative estimate of drug-likeness (QED) is 0.802. The number of nitrogens with two attached hydrogens (primary N) is 1. The van der Waals surface area contributed by atoms with Crippen LogP contribution in [0.3, 0.4) is 0 Å². The fourth-order valence-corrected chi connectivity index (χ4v) is 1.69. The van der Waals surface area contributed by atoms with Gasteiger partial charge in [0.2, 0.25) is 5.89 Å². The molecular formula is C13H17N3O2. The number of aryl methyl sites for hydroxylation is 2. The van der Waals surface area contributed by atoms with Crippen LogP contribution in [0.2, 0.25) is 0 Å². The lowest BCUT2D eigenvalue weighted by Crippen LogP contribution is -2.16. The van der Waals surface area contributed by atoms with E-state index in [1.54, 1.807) is 0 Å². The first-order chi connectivity index (χ1) is 8.79. The summed E-state index contributed by atoms with van der Waals surface area (Å²) in [7, 11) is 0. The molecule has 5 nitrogen and oxygen atoms in total. The summed E-state index contributed by atoms with van der Waals surface area (Å²) in [4.78, 5) is 4.15. The van der Waals surface area contributed by atoms with Crippen LogP contribution in [0.1, 0.15) is 29.7 Å². The highest BCUT2D eigenvalue weighted by Gasteiger charge is 2.12. The summed E-state index contributed by atoms with van der Waals surface area (Å²) in [6, 6.07) is 9.70. The number of aromatic nitrogens is 2. The van der Waals surface area contributed by atoms with Crippen LogP contribution in [0.5, 0.6) is 0 Å². The Kier molecular flexibility index (Phi) is 4.44. The van der Waals surface area contributed by atoms with Crippen LogP contribution in [0.4, 0.5) is 0 Å². The molecule has 3 N–H and O–H groups in total. The van der Waals surface area contributed by atoms with Crippen LogP contribution in [0, 0.1) is 0 Å². The second-order valence-corrected chi connectivity index (χ2v) is 4.17. The van der Waals surface area contributed by atoms with E-state index < -0.39 is 6.04 Å². The summed E-state index contributed by atoms with van der Waals surface area (Å²) < 4.78 is 5.07. The normalized spacial score (nSPS) is 12.6. The maximum absolute atomic E-state index is 8.88. The number of nitrogens with zero attached hydrogens (tertiary/aromatic N) is 2. The first-order valence-corrected chi connectivity index (χ1v) is 6.02. The molecule has 5 heteroatoms. The summed E-state index contributed by atoms with van der Waals surface area (Å²) in [6.07, 6.45) is 2.64. The van der Waals surface area contributed by atoms with E-state index in [0.717, 1.165) is 19.3 Å². The second-order valence-electron chi connectivity index (χ2n) is 4.17. The Balaban J connectivity index is 1.82. The number of aliphatic hydroxyl groups excluding tert-OH is 1. The maximum atomic E-state index is 8.88. The van der Waals surface area contributed by atoms with E-state index in [-0.39, 0.29) is 6.61 Å². The number of rotatable bonds is 6. The van der Waals surface area contributed by atoms with Gasteiger partial charge in [-0.15, -0.1) is 0 Å². The molecule has 0 saturated heterocycles. The Morgan fingerprint density at radius 2 is 2.00 bits per heavy atom. The van der Waals surface area contributed by atoms with Gasteiger partial charge in [0.1, 0.15) is 0 Å². The monoisotopic (exact) mass is 247 g/mol. The molecule has 1 heterocycles. The Morgan fingerprint density at radius 3 is 2.72 bits per heavy atom. The topological polar surface area (TPSA) is 85.2 Å². The molecule has 0 bridgehead atoms. The molecule has 0 saturated carbocycles. The summed E-state index contributed by atoms with van der Waals surface area (Å²) in [5, 5.41) is 12.6. The third-order valence-electron chi connectivity index (χ3n) is 2.71. The van der Waals surface area contributed by atoms with Gasteiger partial charge in [-0.05, 0) is 18.4 Å². The summed E-state index contributed by atoms with van der Waals surface area (Å²) in [5.74, 6) is 0.942. The molecule has 0 aliphatic carbocycles. The fraction of sp³-hybridized carbons (Fsp3) is 0.385. The number of benzene rings is 1. The smallest absolute Gasteiger partial charge is 0.226 e. The summed E-state index contributed by atoms with van der Waals surface area (Å²) >= 11 is 0. The zero-order valence-corrected chi connectivity index (χ0v) is 10.1. The Labute approximate surface area is 106 Å². The number of aliphatic hydroxyl groups is 1. The molecule has 0 amide bonds. The van der Waals surface area contributed by atoms with Gasteiger partial charge < -0.3 is 15.4 Å². The van der Waals surface area contributed by atoms with Gasteiger partial charge in [0.25, 0.3) is 0 Å². The predicted molar refractivity (Wildman–Crippen MR) is 66.8 cm³/mol. The predicted octanol–water partition coefficient (Wildman–Crippen LogP) is 1.24. The van der Waals surface area contributed by atoms with E-state index in [1.807, 2.05) is 18.2 Å². The molecule has 2 rings (SSSR count). The molecule has 1 aromatic carbocycles. The molecule has 0 radical (unpaired) electrons. The highest BCUT2D eigenvalue weighted by Crippen LogP contribution is 2.09. The zero-order chi connectivity index (χ0) is 12.8. The number of hydrogen-bond donors (Lipinski definition) is 2. The molecule has 2 aromatic rings. The van der Waals surface area contributed by atoms with Crippen molar-refractivity contribution < 1.29 is 9.63 Å². The lowest BCUT2D eigenvalue weighted by Gasteiger charge is -1.99. The molecule has 1 atom stereocenters. The highest BCUT2D eigenvalue weighted by atomic mass is 16.5. The van der Waals surface area contributed by atoms with Crippen LogP contribution in [0.15, 0.2) is 34.9 Å². The first-order valence-electron chi connectivity index (χ1n) is 6.02. The average molecular weight is 247 g/mol. The van der Waals surface area contributed by atoms with Crippen molar-refractivity contribution in [3.63, 3.8) is 0 Å². The maximum Gasteiger partial charge on any atom is 0.226 e. The van der Waals surface area contributed by atoms with Gasteiger partial charge in [0.15, 0.2) is 5.82 Å². The minimum atomic E-state index is -0.559. The molecule has 1 unspecified atom stereocenters. The average Bonchev–Trinajstić information content (AvgIpc) is 2.88. The molecule has 18 heavy (non-hydrogen) atoms. The van der Waals surface area contributed by atoms with Gasteiger partial charge in [-0.3, -0.25) is 0 Å². The summed E-state index contributed by atoms with van der Waals surface area (Å²) in [6.45, 7) is -0.178. The van der Waals surface area contributed by atoms with Crippen LogP contribution in [-0.2, 0) is 12.8 Å². The largest absolute Gasteiger partial charge is 0.394 e. The van der Waals surface area contributed by atoms with Crippen molar-refractivity contribution in [2.45, 2.75) is 25.3 Å². The molecule has 0 aliphatic rings. The third-order valence-corrected chi connectivity index (χ3v) is 2.71. The first kappa shape index (κ1) is 12.7. The van der Waals surface area contributed by atoms with Crippen molar-refractivity contribution in [3.8, 4) is 0 Å². The van der Waals surface area contributed by atoms with E-state index in [0.29, 0.717) is 11.7 Å². The molecule has 0 aliphatic heterocycles. The van der Waals surface area contributed by atoms with E-state index in [1.165, 1.54) is 5.56 Å². The van der Waals surface area contributed by atoms with E-state index in [4.69, 9.17) is 15.4 Å². The summed E-state index contributed by atoms with van der Waals surface area (Å²) in [5.41, 5.74) is 6.89. The van der Waals surface area contributed by atoms with Crippen molar-refractivity contribution in [2.75, 3.05) is 6.61 Å². The van der Waals surface area contributed by atoms with Crippen LogP contribution >= 0.6 is 0 Å². The van der Waals surface area contributed by atoms with Crippen molar-refractivity contribution in [2.24, 2.45) is 5.73 Å². The molecule has 0 fully saturated rings. The lowest BCUT2D eigenvalue weighted by atomic mass is 10.1. The van der Waals surface area contributed by atoms with Gasteiger partial charge in [-0.25, -0.2) is 0 Å². The zero-order valence-electron chi connectivity index (χ0n) is 10.1. The Morgan fingerprint density at radius 1 is 1.22 bits per heavy atom. The van der Waals surface area contributed by atoms with E-state index in [2.05, 4.69) is 22.3 Å². The highest BCUT2D eigenvalue weighted by molar-refractivity contribution is 5.14. The van der Waals surface area contributed by atoms with E-state index >= 15 is 0 Å². The van der Waals surface area contributed by atoms with Crippen molar-refractivity contribution in [3.05, 3.63) is 47.6 Å². The second kappa shape index (κ2) is 6.28. The van der Waals surface area contributed by atoms with Gasteiger partial charge in [-0.2, -0.15) is 4.98 Å². The van der Waals surface area contributed by atoms with Crippen molar-refractivity contribution in [1.82, 2.24) is 10.1 Å². The Bertz CT molecular complexity index is 470. The minimum absolute atomic E-state index is 0.178. The molecule has 96 valence electrons. The van der Waals surface area contributed by atoms with Crippen molar-refractivity contribution in [1.29, 1.82) is 0 Å². The van der Waals surface area contributed by atoms with E-state index in [9.17, 15) is 0 Å². The minimum Gasteiger partial charge on any atom is -0.394 e. The third kappa shape index (κ3) is 3.38. The lowest BCUT2D eigenvalue weighted by molar-refractivity contribution is 0.259. The fourth-order valence-electron chi connectivity index (χ4n) is 1.69. The van der Waals surface area contributed by atoms with Crippen LogP contribution in [-0.4, -0.2) is 21.9 Å². The molecular weight excluding hydrogens is 230 g/mol. The van der Waals surface area contributed by atoms with Crippen molar-refractivity contribution >= 4 is 0 Å². The van der Waals surface area contributed by atoms with Crippen LogP contribution in [0.25, 0.3) is 0 Å². The standard InChI is InChI=1S/C13H17N3O2/c14-11(9-17)13-15-12(18-16-13)8-4-7-10-5-2-1-3-6-10/h1-3,5-6,11,17H,4,7-9,14H2. The number of hydrogen-bond acceptors (Lipinski definition) is 5. The SMILES string of the molecule is NC(CO)c1noc(CCCc2ccccc2)n1. The molecule has 1 aromatic heterocycles. The van der Waals surface area contributed by atoms with Crippen LogP contribution < -0.4 is 5.73 Å². The van der Waals surface area contributed by atoms with Gasteiger partial charge >= 0.3 is 0 Å². The van der Waals surface area contributed by atoms with Gasteiger partial charge in [0.05, 0.1) is 12.6 Å². The molecule has 0 spiro atoms. The van der Waals surface area contributed by atoms with Gasteiger partial charge in [0, 0.05) is 6.42 Å². The van der Waals surface area contributed by atoms with Gasteiger partial charge in [-0.1, -0.05) is 35.5 Å². The Hall–Kier alpha value is -1.72.